The first kappa shape index (κ1) is 12.9. The Balaban J connectivity index is 2.08. The molecular formula is C14H20BrNO. The molecule has 1 saturated carbocycles. The van der Waals surface area contributed by atoms with Crippen molar-refractivity contribution in [1.29, 1.82) is 0 Å². The summed E-state index contributed by atoms with van der Waals surface area (Å²) in [5, 5.41) is 13.7. The van der Waals surface area contributed by atoms with Crippen LogP contribution >= 0.6 is 15.9 Å². The van der Waals surface area contributed by atoms with Crippen molar-refractivity contribution in [2.45, 2.75) is 45.1 Å². The normalized spacial score (nSPS) is 18.4. The van der Waals surface area contributed by atoms with Gasteiger partial charge < -0.3 is 10.4 Å². The van der Waals surface area contributed by atoms with Crippen LogP contribution in [0.15, 0.2) is 16.6 Å². The highest BCUT2D eigenvalue weighted by molar-refractivity contribution is 9.10. The Morgan fingerprint density at radius 1 is 1.24 bits per heavy atom. The minimum absolute atomic E-state index is 0.494. The van der Waals surface area contributed by atoms with E-state index in [-0.39, 0.29) is 0 Å². The summed E-state index contributed by atoms with van der Waals surface area (Å²) < 4.78 is 1.11. The zero-order valence-corrected chi connectivity index (χ0v) is 12.1. The predicted molar refractivity (Wildman–Crippen MR) is 75.5 cm³/mol. The van der Waals surface area contributed by atoms with E-state index in [2.05, 4.69) is 47.2 Å². The lowest BCUT2D eigenvalue weighted by Crippen LogP contribution is -2.33. The van der Waals surface area contributed by atoms with Crippen LogP contribution in [0.4, 0.5) is 5.69 Å². The van der Waals surface area contributed by atoms with Gasteiger partial charge in [0.2, 0.25) is 0 Å². The summed E-state index contributed by atoms with van der Waals surface area (Å²) in [6.07, 6.45) is 4.15. The lowest BCUT2D eigenvalue weighted by molar-refractivity contribution is 0.0614. The summed E-state index contributed by atoms with van der Waals surface area (Å²) in [4.78, 5) is 0. The van der Waals surface area contributed by atoms with Gasteiger partial charge in [0.25, 0.3) is 0 Å². The summed E-state index contributed by atoms with van der Waals surface area (Å²) in [7, 11) is 0. The molecule has 0 spiro atoms. The maximum absolute atomic E-state index is 10.3. The van der Waals surface area contributed by atoms with Crippen molar-refractivity contribution in [3.8, 4) is 0 Å². The molecule has 2 nitrogen and oxygen atoms in total. The van der Waals surface area contributed by atoms with Gasteiger partial charge >= 0.3 is 0 Å². The summed E-state index contributed by atoms with van der Waals surface area (Å²) in [6.45, 7) is 4.86. The smallest absolute Gasteiger partial charge is 0.0819 e. The Kier molecular flexibility index (Phi) is 3.79. The highest BCUT2D eigenvalue weighted by atomic mass is 79.9. The van der Waals surface area contributed by atoms with Crippen LogP contribution in [-0.2, 0) is 0 Å². The van der Waals surface area contributed by atoms with Crippen LogP contribution in [0.25, 0.3) is 0 Å². The average Bonchev–Trinajstić information content (AvgIpc) is 2.64. The Bertz CT molecular complexity index is 388. The maximum Gasteiger partial charge on any atom is 0.0819 e. The molecule has 1 aromatic rings. The molecule has 0 radical (unpaired) electrons. The molecule has 1 fully saturated rings. The number of hydrogen-bond donors (Lipinski definition) is 2. The van der Waals surface area contributed by atoms with Crippen LogP contribution < -0.4 is 5.32 Å². The number of benzene rings is 1. The molecular weight excluding hydrogens is 278 g/mol. The van der Waals surface area contributed by atoms with Crippen LogP contribution in [0.5, 0.6) is 0 Å². The van der Waals surface area contributed by atoms with Gasteiger partial charge in [-0.15, -0.1) is 0 Å². The minimum atomic E-state index is -0.494. The first-order chi connectivity index (χ1) is 8.00. The molecule has 0 amide bonds. The molecule has 0 atom stereocenters. The molecule has 0 aliphatic heterocycles. The fourth-order valence-electron chi connectivity index (χ4n) is 2.65. The number of halogens is 1. The number of nitrogens with one attached hydrogen (secondary N) is 1. The van der Waals surface area contributed by atoms with Gasteiger partial charge in [0, 0.05) is 16.7 Å². The molecule has 0 heterocycles. The van der Waals surface area contributed by atoms with E-state index < -0.39 is 5.60 Å². The highest BCUT2D eigenvalue weighted by Gasteiger charge is 2.30. The van der Waals surface area contributed by atoms with Crippen molar-refractivity contribution in [1.82, 2.24) is 0 Å². The van der Waals surface area contributed by atoms with E-state index in [1.807, 2.05) is 0 Å². The van der Waals surface area contributed by atoms with Crippen molar-refractivity contribution in [2.75, 3.05) is 11.9 Å². The Morgan fingerprint density at radius 2 is 1.76 bits per heavy atom. The first-order valence-corrected chi connectivity index (χ1v) is 7.02. The van der Waals surface area contributed by atoms with Crippen LogP contribution in [0.3, 0.4) is 0 Å². The van der Waals surface area contributed by atoms with Gasteiger partial charge in [-0.3, -0.25) is 0 Å². The Morgan fingerprint density at radius 3 is 2.29 bits per heavy atom. The molecule has 1 aliphatic rings. The number of hydrogen-bond acceptors (Lipinski definition) is 2. The molecule has 0 bridgehead atoms. The van der Waals surface area contributed by atoms with Crippen molar-refractivity contribution in [3.05, 3.63) is 27.7 Å². The van der Waals surface area contributed by atoms with E-state index in [0.29, 0.717) is 6.54 Å². The fourth-order valence-corrected chi connectivity index (χ4v) is 3.34. The van der Waals surface area contributed by atoms with Gasteiger partial charge in [-0.1, -0.05) is 28.8 Å². The van der Waals surface area contributed by atoms with Gasteiger partial charge in [0.15, 0.2) is 0 Å². The van der Waals surface area contributed by atoms with E-state index in [1.54, 1.807) is 0 Å². The van der Waals surface area contributed by atoms with Crippen LogP contribution in [0.1, 0.15) is 36.8 Å². The zero-order valence-electron chi connectivity index (χ0n) is 10.5. The topological polar surface area (TPSA) is 32.3 Å². The summed E-state index contributed by atoms with van der Waals surface area (Å²) in [5.74, 6) is 0. The molecule has 2 rings (SSSR count). The van der Waals surface area contributed by atoms with Crippen molar-refractivity contribution in [3.63, 3.8) is 0 Å². The highest BCUT2D eigenvalue weighted by Crippen LogP contribution is 2.31. The molecule has 2 N–H and O–H groups in total. The minimum Gasteiger partial charge on any atom is -0.388 e. The molecule has 1 aromatic carbocycles. The number of anilines is 1. The molecule has 3 heteroatoms. The lowest BCUT2D eigenvalue weighted by atomic mass is 10.0. The maximum atomic E-state index is 10.3. The fraction of sp³-hybridized carbons (Fsp3) is 0.571. The number of rotatable bonds is 3. The van der Waals surface area contributed by atoms with Gasteiger partial charge in [0.05, 0.1) is 5.60 Å². The van der Waals surface area contributed by atoms with E-state index in [0.717, 1.165) is 35.8 Å². The SMILES string of the molecule is Cc1cc(Br)cc(C)c1NCC1(O)CCCC1. The molecule has 0 unspecified atom stereocenters. The van der Waals surface area contributed by atoms with E-state index in [1.165, 1.54) is 11.1 Å². The van der Waals surface area contributed by atoms with Crippen LogP contribution in [0, 0.1) is 13.8 Å². The number of aryl methyl sites for hydroxylation is 2. The molecule has 0 saturated heterocycles. The van der Waals surface area contributed by atoms with Crippen molar-refractivity contribution < 1.29 is 5.11 Å². The molecule has 17 heavy (non-hydrogen) atoms. The standard InChI is InChI=1S/C14H20BrNO/c1-10-7-12(15)8-11(2)13(10)16-9-14(17)5-3-4-6-14/h7-8,16-17H,3-6,9H2,1-2H3. The van der Waals surface area contributed by atoms with Gasteiger partial charge in [-0.05, 0) is 49.9 Å². The predicted octanol–water partition coefficient (Wildman–Crippen LogP) is 3.78. The summed E-state index contributed by atoms with van der Waals surface area (Å²) >= 11 is 3.50. The monoisotopic (exact) mass is 297 g/mol. The Hall–Kier alpha value is -0.540. The third-order valence-electron chi connectivity index (χ3n) is 3.63. The third kappa shape index (κ3) is 3.02. The average molecular weight is 298 g/mol. The van der Waals surface area contributed by atoms with Gasteiger partial charge in [-0.2, -0.15) is 0 Å². The largest absolute Gasteiger partial charge is 0.388 e. The summed E-state index contributed by atoms with van der Waals surface area (Å²) in [5.41, 5.74) is 3.11. The van der Waals surface area contributed by atoms with E-state index >= 15 is 0 Å². The van der Waals surface area contributed by atoms with Crippen molar-refractivity contribution >= 4 is 21.6 Å². The second-order valence-corrected chi connectivity index (χ2v) is 6.12. The van der Waals surface area contributed by atoms with Crippen LogP contribution in [0.2, 0.25) is 0 Å². The van der Waals surface area contributed by atoms with Crippen molar-refractivity contribution in [2.24, 2.45) is 0 Å². The molecule has 1 aliphatic carbocycles. The van der Waals surface area contributed by atoms with Gasteiger partial charge in [0.1, 0.15) is 0 Å². The number of aliphatic hydroxyl groups is 1. The quantitative estimate of drug-likeness (QED) is 0.890. The zero-order chi connectivity index (χ0) is 12.5. The third-order valence-corrected chi connectivity index (χ3v) is 4.08. The summed E-state index contributed by atoms with van der Waals surface area (Å²) in [6, 6.07) is 4.21. The molecule has 0 aromatic heterocycles. The second kappa shape index (κ2) is 4.99. The van der Waals surface area contributed by atoms with Crippen LogP contribution in [-0.4, -0.2) is 17.3 Å². The first-order valence-electron chi connectivity index (χ1n) is 6.23. The second-order valence-electron chi connectivity index (χ2n) is 5.20. The van der Waals surface area contributed by atoms with E-state index in [4.69, 9.17) is 0 Å². The van der Waals surface area contributed by atoms with Gasteiger partial charge in [-0.25, -0.2) is 0 Å². The molecule has 94 valence electrons. The lowest BCUT2D eigenvalue weighted by Gasteiger charge is -2.24. The van der Waals surface area contributed by atoms with E-state index in [9.17, 15) is 5.11 Å². The Labute approximate surface area is 112 Å².